The van der Waals surface area contributed by atoms with Crippen LogP contribution in [0.15, 0.2) is 23.3 Å². The van der Waals surface area contributed by atoms with E-state index in [4.69, 9.17) is 5.11 Å². The highest BCUT2D eigenvalue weighted by Crippen LogP contribution is 2.28. The first-order chi connectivity index (χ1) is 9.95. The van der Waals surface area contributed by atoms with E-state index >= 15 is 0 Å². The van der Waals surface area contributed by atoms with Crippen molar-refractivity contribution >= 4 is 11.8 Å². The van der Waals surface area contributed by atoms with Gasteiger partial charge in [-0.05, 0) is 18.4 Å². The Balaban J connectivity index is 2.69. The molecule has 0 radical (unpaired) electrons. The summed E-state index contributed by atoms with van der Waals surface area (Å²) in [6.07, 6.45) is 5.35. The van der Waals surface area contributed by atoms with Crippen molar-refractivity contribution in [3.05, 3.63) is 23.3 Å². The highest BCUT2D eigenvalue weighted by Gasteiger charge is 2.29. The predicted molar refractivity (Wildman–Crippen MR) is 78.8 cm³/mol. The topological polar surface area (TPSA) is 94.8 Å². The second-order valence-corrected chi connectivity index (χ2v) is 5.39. The van der Waals surface area contributed by atoms with Crippen LogP contribution >= 0.6 is 0 Å². The fraction of sp³-hybridized carbons (Fsp3) is 0.625. The molecule has 3 N–H and O–H groups in total. The number of aliphatic hydroxyl groups is 2. The molecule has 21 heavy (non-hydrogen) atoms. The lowest BCUT2D eigenvalue weighted by Crippen LogP contribution is -2.06. The molecule has 1 aliphatic rings. The number of carbonyl (C=O) groups excluding carboxylic acids is 1. The first kappa shape index (κ1) is 17.6. The number of allylic oxidation sites excluding steroid dienone is 1. The van der Waals surface area contributed by atoms with Crippen molar-refractivity contribution in [3.63, 3.8) is 0 Å². The van der Waals surface area contributed by atoms with E-state index in [1.165, 1.54) is 0 Å². The molecule has 118 valence electrons. The van der Waals surface area contributed by atoms with Crippen LogP contribution in [-0.2, 0) is 9.59 Å². The molecule has 0 saturated heterocycles. The van der Waals surface area contributed by atoms with Crippen LogP contribution in [0.2, 0.25) is 0 Å². The molecule has 1 rings (SSSR count). The summed E-state index contributed by atoms with van der Waals surface area (Å²) in [6.45, 7) is 2.09. The van der Waals surface area contributed by atoms with Gasteiger partial charge in [-0.2, -0.15) is 0 Å². The smallest absolute Gasteiger partial charge is 0.303 e. The molecular formula is C16H24O5. The summed E-state index contributed by atoms with van der Waals surface area (Å²) < 4.78 is 0. The maximum Gasteiger partial charge on any atom is 0.303 e. The Morgan fingerprint density at radius 2 is 2.14 bits per heavy atom. The Hall–Kier alpha value is -1.46. The Labute approximate surface area is 125 Å². The lowest BCUT2D eigenvalue weighted by atomic mass is 10.0. The standard InChI is InChI=1S/C16H24O5/c1-2-3-4-5-11(17)6-7-12-13(8-9-16(20)21)15(19)10-14(12)18/h6-7,11,14,17-18H,2-5,8-10H2,1H3,(H,20,21)/b7-6+. The average Bonchev–Trinajstić information content (AvgIpc) is 2.68. The zero-order valence-corrected chi connectivity index (χ0v) is 12.4. The summed E-state index contributed by atoms with van der Waals surface area (Å²) in [5.41, 5.74) is 0.831. The van der Waals surface area contributed by atoms with Crippen LogP contribution in [0.3, 0.4) is 0 Å². The molecule has 0 aromatic heterocycles. The van der Waals surface area contributed by atoms with Crippen molar-refractivity contribution in [2.75, 3.05) is 0 Å². The molecule has 2 atom stereocenters. The van der Waals surface area contributed by atoms with Crippen molar-refractivity contribution in [1.82, 2.24) is 0 Å². The van der Waals surface area contributed by atoms with Crippen LogP contribution in [0.4, 0.5) is 0 Å². The van der Waals surface area contributed by atoms with E-state index in [9.17, 15) is 19.8 Å². The number of carboxylic acid groups (broad SMARTS) is 1. The minimum absolute atomic E-state index is 0.000551. The highest BCUT2D eigenvalue weighted by atomic mass is 16.4. The molecule has 5 heteroatoms. The molecule has 0 heterocycles. The summed E-state index contributed by atoms with van der Waals surface area (Å²) in [5, 5.41) is 28.4. The number of carbonyl (C=O) groups is 2. The summed E-state index contributed by atoms with van der Waals surface area (Å²) >= 11 is 0. The van der Waals surface area contributed by atoms with Gasteiger partial charge in [0.05, 0.1) is 12.2 Å². The van der Waals surface area contributed by atoms with Crippen molar-refractivity contribution < 1.29 is 24.9 Å². The Kier molecular flexibility index (Phi) is 7.32. The Morgan fingerprint density at radius 3 is 2.76 bits per heavy atom. The fourth-order valence-electron chi connectivity index (χ4n) is 2.41. The summed E-state index contributed by atoms with van der Waals surface area (Å²) in [4.78, 5) is 22.4. The second-order valence-electron chi connectivity index (χ2n) is 5.39. The summed E-state index contributed by atoms with van der Waals surface area (Å²) in [6, 6.07) is 0. The summed E-state index contributed by atoms with van der Waals surface area (Å²) in [5.74, 6) is -1.18. The SMILES string of the molecule is CCCCCC(O)/C=C/C1=C(CCC(=O)O)C(=O)CC1O. The van der Waals surface area contributed by atoms with E-state index in [2.05, 4.69) is 6.92 Å². The lowest BCUT2D eigenvalue weighted by Gasteiger charge is -2.07. The molecule has 0 saturated carbocycles. The van der Waals surface area contributed by atoms with E-state index in [0.29, 0.717) is 17.6 Å². The third-order valence-corrected chi connectivity index (χ3v) is 3.61. The molecule has 0 bridgehead atoms. The maximum absolute atomic E-state index is 11.8. The largest absolute Gasteiger partial charge is 0.481 e. The predicted octanol–water partition coefficient (Wildman–Crippen LogP) is 1.98. The minimum atomic E-state index is -0.973. The third kappa shape index (κ3) is 5.81. The zero-order valence-electron chi connectivity index (χ0n) is 12.4. The summed E-state index contributed by atoms with van der Waals surface area (Å²) in [7, 11) is 0. The van der Waals surface area contributed by atoms with Gasteiger partial charge < -0.3 is 15.3 Å². The second kappa shape index (κ2) is 8.74. The molecule has 0 spiro atoms. The number of carboxylic acids is 1. The van der Waals surface area contributed by atoms with Gasteiger partial charge in [0.2, 0.25) is 0 Å². The molecule has 0 aromatic rings. The lowest BCUT2D eigenvalue weighted by molar-refractivity contribution is -0.136. The van der Waals surface area contributed by atoms with E-state index < -0.39 is 18.2 Å². The van der Waals surface area contributed by atoms with E-state index in [-0.39, 0.29) is 25.0 Å². The quantitative estimate of drug-likeness (QED) is 0.565. The van der Waals surface area contributed by atoms with Crippen LogP contribution in [0.5, 0.6) is 0 Å². The molecule has 5 nitrogen and oxygen atoms in total. The number of rotatable bonds is 9. The van der Waals surface area contributed by atoms with Gasteiger partial charge in [0.1, 0.15) is 0 Å². The first-order valence-electron chi connectivity index (χ1n) is 7.48. The fourth-order valence-corrected chi connectivity index (χ4v) is 2.41. The monoisotopic (exact) mass is 296 g/mol. The minimum Gasteiger partial charge on any atom is -0.481 e. The van der Waals surface area contributed by atoms with Gasteiger partial charge >= 0.3 is 5.97 Å². The molecular weight excluding hydrogens is 272 g/mol. The van der Waals surface area contributed by atoms with Gasteiger partial charge in [0.15, 0.2) is 5.78 Å². The van der Waals surface area contributed by atoms with Gasteiger partial charge in [0, 0.05) is 18.4 Å². The number of Topliss-reactive ketones (excluding diaryl/α,β-unsaturated/α-hetero) is 1. The molecule has 1 aliphatic carbocycles. The van der Waals surface area contributed by atoms with Crippen LogP contribution < -0.4 is 0 Å². The third-order valence-electron chi connectivity index (χ3n) is 3.61. The van der Waals surface area contributed by atoms with Gasteiger partial charge in [-0.25, -0.2) is 0 Å². The average molecular weight is 296 g/mol. The van der Waals surface area contributed by atoms with Gasteiger partial charge in [-0.1, -0.05) is 38.3 Å². The number of ketones is 1. The highest BCUT2D eigenvalue weighted by molar-refractivity contribution is 6.00. The van der Waals surface area contributed by atoms with E-state index in [0.717, 1.165) is 19.3 Å². The first-order valence-corrected chi connectivity index (χ1v) is 7.48. The number of hydrogen-bond acceptors (Lipinski definition) is 4. The van der Waals surface area contributed by atoms with Crippen LogP contribution in [-0.4, -0.2) is 39.3 Å². The van der Waals surface area contributed by atoms with Crippen molar-refractivity contribution in [2.24, 2.45) is 0 Å². The molecule has 0 aromatic carbocycles. The van der Waals surface area contributed by atoms with Gasteiger partial charge in [0.25, 0.3) is 0 Å². The molecule has 2 unspecified atom stereocenters. The van der Waals surface area contributed by atoms with Gasteiger partial charge in [-0.15, -0.1) is 0 Å². The van der Waals surface area contributed by atoms with Crippen molar-refractivity contribution in [1.29, 1.82) is 0 Å². The van der Waals surface area contributed by atoms with E-state index in [1.807, 2.05) is 0 Å². The van der Waals surface area contributed by atoms with Crippen molar-refractivity contribution in [2.45, 2.75) is 64.1 Å². The van der Waals surface area contributed by atoms with E-state index in [1.54, 1.807) is 12.2 Å². The number of unbranched alkanes of at least 4 members (excludes halogenated alkanes) is 2. The molecule has 0 fully saturated rings. The van der Waals surface area contributed by atoms with Crippen LogP contribution in [0.1, 0.15) is 51.9 Å². The number of aliphatic hydroxyl groups excluding tert-OH is 2. The number of hydrogen-bond donors (Lipinski definition) is 3. The maximum atomic E-state index is 11.8. The zero-order chi connectivity index (χ0) is 15.8. The Morgan fingerprint density at radius 1 is 1.43 bits per heavy atom. The molecule has 0 amide bonds. The van der Waals surface area contributed by atoms with Crippen LogP contribution in [0.25, 0.3) is 0 Å². The normalized spacial score (nSPS) is 20.5. The molecule has 0 aliphatic heterocycles. The van der Waals surface area contributed by atoms with Crippen LogP contribution in [0, 0.1) is 0 Å². The Bertz CT molecular complexity index is 436. The van der Waals surface area contributed by atoms with Crippen molar-refractivity contribution in [3.8, 4) is 0 Å². The van der Waals surface area contributed by atoms with Gasteiger partial charge in [-0.3, -0.25) is 9.59 Å². The number of aliphatic carboxylic acids is 1.